The van der Waals surface area contributed by atoms with Crippen molar-refractivity contribution in [3.05, 3.63) is 32.4 Å². The molecule has 1 unspecified atom stereocenters. The summed E-state index contributed by atoms with van der Waals surface area (Å²) in [6, 6.07) is 5.25. The minimum atomic E-state index is -0.286. The fraction of sp³-hybridized carbons (Fsp3) is 0.111. The highest BCUT2D eigenvalue weighted by Gasteiger charge is 2.09. The number of hydrazine groups is 1. The van der Waals surface area contributed by atoms with Gasteiger partial charge < -0.3 is 0 Å². The molecular weight excluding hydrogens is 298 g/mol. The van der Waals surface area contributed by atoms with E-state index in [9.17, 15) is 0 Å². The number of rotatable bonds is 2. The predicted molar refractivity (Wildman–Crippen MR) is 63.1 cm³/mol. The molecule has 0 aliphatic carbocycles. The Morgan fingerprint density at radius 2 is 2.31 bits per heavy atom. The van der Waals surface area contributed by atoms with Crippen molar-refractivity contribution in [2.24, 2.45) is 5.84 Å². The Kier molecular flexibility index (Phi) is 4.00. The molecule has 0 amide bonds. The van der Waals surface area contributed by atoms with E-state index in [1.165, 1.54) is 0 Å². The second-order valence-corrected chi connectivity index (χ2v) is 4.03. The summed E-state index contributed by atoms with van der Waals surface area (Å²) in [6.07, 6.45) is 5.30. The summed E-state index contributed by atoms with van der Waals surface area (Å²) >= 11 is 8.02. The van der Waals surface area contributed by atoms with E-state index in [0.717, 1.165) is 9.13 Å². The van der Waals surface area contributed by atoms with Gasteiger partial charge in [0.25, 0.3) is 0 Å². The summed E-state index contributed by atoms with van der Waals surface area (Å²) in [6.45, 7) is 0. The van der Waals surface area contributed by atoms with Crippen LogP contribution in [0.2, 0.25) is 5.02 Å². The van der Waals surface area contributed by atoms with E-state index in [4.69, 9.17) is 23.9 Å². The molecule has 0 saturated heterocycles. The van der Waals surface area contributed by atoms with Gasteiger partial charge in [0.1, 0.15) is 6.04 Å². The van der Waals surface area contributed by atoms with Crippen LogP contribution in [0.25, 0.3) is 0 Å². The zero-order valence-corrected chi connectivity index (χ0v) is 9.63. The molecule has 1 atom stereocenters. The molecule has 1 rings (SSSR count). The third kappa shape index (κ3) is 2.58. The number of nitrogens with two attached hydrogens (primary N) is 1. The summed E-state index contributed by atoms with van der Waals surface area (Å²) < 4.78 is 1.04. The Hall–Kier alpha value is -0.280. The summed E-state index contributed by atoms with van der Waals surface area (Å²) in [4.78, 5) is 0. The fourth-order valence-electron chi connectivity index (χ4n) is 0.964. The van der Waals surface area contributed by atoms with Crippen molar-refractivity contribution in [3.63, 3.8) is 0 Å². The first-order chi connectivity index (χ1) is 6.19. The van der Waals surface area contributed by atoms with Gasteiger partial charge in [-0.2, -0.15) is 0 Å². The topological polar surface area (TPSA) is 38.0 Å². The van der Waals surface area contributed by atoms with Gasteiger partial charge in [0.2, 0.25) is 0 Å². The van der Waals surface area contributed by atoms with E-state index in [-0.39, 0.29) is 6.04 Å². The van der Waals surface area contributed by atoms with Crippen molar-refractivity contribution in [3.8, 4) is 12.3 Å². The summed E-state index contributed by atoms with van der Waals surface area (Å²) in [5.41, 5.74) is 3.47. The van der Waals surface area contributed by atoms with E-state index in [0.29, 0.717) is 5.02 Å². The van der Waals surface area contributed by atoms with E-state index in [2.05, 4.69) is 33.9 Å². The zero-order valence-electron chi connectivity index (χ0n) is 6.72. The number of halogens is 2. The standard InChI is InChI=1S/C9H8ClIN2/c1-2-9(13-12)7-5-6(10)3-4-8(7)11/h1,3-5,9,13H,12H2. The maximum absolute atomic E-state index is 5.83. The van der Waals surface area contributed by atoms with Crippen molar-refractivity contribution in [2.45, 2.75) is 6.04 Å². The highest BCUT2D eigenvalue weighted by molar-refractivity contribution is 14.1. The molecule has 0 bridgehead atoms. The van der Waals surface area contributed by atoms with Gasteiger partial charge in [-0.25, -0.2) is 5.43 Å². The number of terminal acetylenes is 1. The quantitative estimate of drug-likeness (QED) is 0.380. The molecular formula is C9H8ClIN2. The van der Waals surface area contributed by atoms with Gasteiger partial charge in [-0.3, -0.25) is 5.84 Å². The van der Waals surface area contributed by atoms with Crippen LogP contribution in [0.5, 0.6) is 0 Å². The van der Waals surface area contributed by atoms with Crippen LogP contribution in [0.3, 0.4) is 0 Å². The lowest BCUT2D eigenvalue weighted by Gasteiger charge is -2.11. The van der Waals surface area contributed by atoms with Crippen molar-refractivity contribution >= 4 is 34.2 Å². The number of nitrogens with one attached hydrogen (secondary N) is 1. The Balaban J connectivity index is 3.13. The van der Waals surface area contributed by atoms with E-state index in [1.54, 1.807) is 0 Å². The van der Waals surface area contributed by atoms with E-state index >= 15 is 0 Å². The Morgan fingerprint density at radius 1 is 1.62 bits per heavy atom. The van der Waals surface area contributed by atoms with Gasteiger partial charge >= 0.3 is 0 Å². The van der Waals surface area contributed by atoms with E-state index < -0.39 is 0 Å². The molecule has 0 fully saturated rings. The molecule has 68 valence electrons. The number of hydrogen-bond acceptors (Lipinski definition) is 2. The van der Waals surface area contributed by atoms with Crippen LogP contribution in [0, 0.1) is 15.9 Å². The van der Waals surface area contributed by atoms with Gasteiger partial charge in [-0.15, -0.1) is 6.42 Å². The summed E-state index contributed by atoms with van der Waals surface area (Å²) in [5, 5.41) is 0.658. The smallest absolute Gasteiger partial charge is 0.108 e. The first kappa shape index (κ1) is 10.8. The molecule has 0 aliphatic rings. The van der Waals surface area contributed by atoms with Crippen molar-refractivity contribution in [1.82, 2.24) is 5.43 Å². The first-order valence-corrected chi connectivity index (χ1v) is 5.02. The van der Waals surface area contributed by atoms with E-state index in [1.807, 2.05) is 18.2 Å². The lowest BCUT2D eigenvalue weighted by molar-refractivity contribution is 0.671. The lowest BCUT2D eigenvalue weighted by Crippen LogP contribution is -2.27. The average Bonchev–Trinajstić information content (AvgIpc) is 2.13. The van der Waals surface area contributed by atoms with Crippen molar-refractivity contribution < 1.29 is 0 Å². The monoisotopic (exact) mass is 306 g/mol. The molecule has 0 spiro atoms. The number of benzene rings is 1. The Morgan fingerprint density at radius 3 is 2.85 bits per heavy atom. The highest BCUT2D eigenvalue weighted by atomic mass is 127. The molecule has 0 radical (unpaired) electrons. The Labute approximate surface area is 96.0 Å². The molecule has 1 aromatic carbocycles. The predicted octanol–water partition coefficient (Wildman–Crippen LogP) is 2.08. The maximum atomic E-state index is 5.83. The number of hydrogen-bond donors (Lipinski definition) is 2. The summed E-state index contributed by atoms with van der Waals surface area (Å²) in [5.74, 6) is 7.83. The van der Waals surface area contributed by atoms with Gasteiger partial charge in [0.05, 0.1) is 0 Å². The molecule has 3 N–H and O–H groups in total. The van der Waals surface area contributed by atoms with Crippen molar-refractivity contribution in [1.29, 1.82) is 0 Å². The SMILES string of the molecule is C#CC(NN)c1cc(Cl)ccc1I. The van der Waals surface area contributed by atoms with Gasteiger partial charge in [0.15, 0.2) is 0 Å². The molecule has 0 heterocycles. The van der Waals surface area contributed by atoms with Crippen LogP contribution in [-0.4, -0.2) is 0 Å². The zero-order chi connectivity index (χ0) is 9.84. The first-order valence-electron chi connectivity index (χ1n) is 3.56. The summed E-state index contributed by atoms with van der Waals surface area (Å²) in [7, 11) is 0. The molecule has 0 aromatic heterocycles. The minimum absolute atomic E-state index is 0.286. The third-order valence-electron chi connectivity index (χ3n) is 1.60. The normalized spacial score (nSPS) is 12.2. The minimum Gasteiger partial charge on any atom is -0.270 e. The van der Waals surface area contributed by atoms with Crippen LogP contribution >= 0.6 is 34.2 Å². The molecule has 13 heavy (non-hydrogen) atoms. The van der Waals surface area contributed by atoms with Crippen LogP contribution < -0.4 is 11.3 Å². The fourth-order valence-corrected chi connectivity index (χ4v) is 1.79. The second kappa shape index (κ2) is 4.82. The van der Waals surface area contributed by atoms with Gasteiger partial charge in [-0.1, -0.05) is 17.5 Å². The van der Waals surface area contributed by atoms with Crippen LogP contribution in [0.4, 0.5) is 0 Å². The van der Waals surface area contributed by atoms with Crippen molar-refractivity contribution in [2.75, 3.05) is 0 Å². The second-order valence-electron chi connectivity index (χ2n) is 2.43. The lowest BCUT2D eigenvalue weighted by atomic mass is 10.1. The maximum Gasteiger partial charge on any atom is 0.108 e. The highest BCUT2D eigenvalue weighted by Crippen LogP contribution is 2.22. The largest absolute Gasteiger partial charge is 0.270 e. The van der Waals surface area contributed by atoms with Crippen LogP contribution in [0.15, 0.2) is 18.2 Å². The van der Waals surface area contributed by atoms with Crippen LogP contribution in [0.1, 0.15) is 11.6 Å². The molecule has 2 nitrogen and oxygen atoms in total. The third-order valence-corrected chi connectivity index (χ3v) is 2.82. The molecule has 0 saturated carbocycles. The van der Waals surface area contributed by atoms with Gasteiger partial charge in [-0.05, 0) is 46.4 Å². The average molecular weight is 307 g/mol. The molecule has 0 aliphatic heterocycles. The Bertz CT molecular complexity index is 346. The molecule has 1 aromatic rings. The van der Waals surface area contributed by atoms with Gasteiger partial charge in [0, 0.05) is 8.59 Å². The van der Waals surface area contributed by atoms with Crippen LogP contribution in [-0.2, 0) is 0 Å². The molecule has 4 heteroatoms.